The normalized spacial score (nSPS) is 11.1. The second-order valence-electron chi connectivity index (χ2n) is 7.21. The Morgan fingerprint density at radius 2 is 1.73 bits per heavy atom. The molecule has 3 aromatic rings. The number of hydrogen-bond acceptors (Lipinski definition) is 6. The van der Waals surface area contributed by atoms with Gasteiger partial charge in [0.15, 0.2) is 11.5 Å². The number of ether oxygens (including phenoxy) is 3. The number of benzene rings is 1. The van der Waals surface area contributed by atoms with E-state index in [1.165, 1.54) is 0 Å². The maximum absolute atomic E-state index is 12.5. The summed E-state index contributed by atoms with van der Waals surface area (Å²) in [6, 6.07) is 9.35. The minimum Gasteiger partial charge on any atom is -0.493 e. The monoisotopic (exact) mass is 411 g/mol. The number of fused-ring (bicyclic) bond motifs is 1. The van der Waals surface area contributed by atoms with Crippen LogP contribution < -0.4 is 19.8 Å². The van der Waals surface area contributed by atoms with Gasteiger partial charge in [-0.3, -0.25) is 14.1 Å². The molecule has 0 unspecified atom stereocenters. The van der Waals surface area contributed by atoms with Gasteiger partial charge in [-0.1, -0.05) is 13.0 Å². The van der Waals surface area contributed by atoms with Crippen LogP contribution >= 0.6 is 0 Å². The molecule has 7 heteroatoms. The lowest BCUT2D eigenvalue weighted by Crippen LogP contribution is -2.26. The van der Waals surface area contributed by atoms with E-state index in [2.05, 4.69) is 11.8 Å². The second-order valence-corrected chi connectivity index (χ2v) is 7.21. The van der Waals surface area contributed by atoms with Gasteiger partial charge < -0.3 is 14.2 Å². The molecule has 0 aliphatic rings. The van der Waals surface area contributed by atoms with E-state index in [1.54, 1.807) is 38.0 Å². The van der Waals surface area contributed by atoms with Crippen LogP contribution in [0.3, 0.4) is 0 Å². The molecule has 160 valence electrons. The van der Waals surface area contributed by atoms with Gasteiger partial charge in [0.2, 0.25) is 5.75 Å². The summed E-state index contributed by atoms with van der Waals surface area (Å²) < 4.78 is 18.0. The van der Waals surface area contributed by atoms with Crippen LogP contribution in [-0.2, 0) is 13.1 Å². The van der Waals surface area contributed by atoms with Gasteiger partial charge in [-0.05, 0) is 49.2 Å². The highest BCUT2D eigenvalue weighted by atomic mass is 16.5. The largest absolute Gasteiger partial charge is 0.493 e. The van der Waals surface area contributed by atoms with Crippen molar-refractivity contribution in [2.45, 2.75) is 33.4 Å². The third-order valence-electron chi connectivity index (χ3n) is 5.00. The first-order valence-electron chi connectivity index (χ1n) is 9.99. The lowest BCUT2D eigenvalue weighted by Gasteiger charge is -2.23. The van der Waals surface area contributed by atoms with E-state index >= 15 is 0 Å². The van der Waals surface area contributed by atoms with Crippen LogP contribution in [0.15, 0.2) is 41.3 Å². The summed E-state index contributed by atoms with van der Waals surface area (Å²) in [6.45, 7) is 6.20. The topological polar surface area (TPSA) is 65.3 Å². The number of hydrogen-bond donors (Lipinski definition) is 0. The molecule has 1 aromatic carbocycles. The van der Waals surface area contributed by atoms with E-state index in [4.69, 9.17) is 19.2 Å². The van der Waals surface area contributed by atoms with Crippen LogP contribution in [0.25, 0.3) is 5.65 Å². The first-order valence-corrected chi connectivity index (χ1v) is 9.99. The Labute approximate surface area is 176 Å². The van der Waals surface area contributed by atoms with E-state index < -0.39 is 0 Å². The van der Waals surface area contributed by atoms with Gasteiger partial charge in [0.1, 0.15) is 5.65 Å². The molecule has 0 aliphatic carbocycles. The first-order chi connectivity index (χ1) is 14.5. The molecule has 2 aromatic heterocycles. The average Bonchev–Trinajstić information content (AvgIpc) is 2.74. The third-order valence-corrected chi connectivity index (χ3v) is 5.00. The van der Waals surface area contributed by atoms with Gasteiger partial charge in [0, 0.05) is 25.4 Å². The van der Waals surface area contributed by atoms with Gasteiger partial charge in [0.25, 0.3) is 5.56 Å². The number of pyridine rings is 1. The van der Waals surface area contributed by atoms with Crippen molar-refractivity contribution >= 4 is 5.65 Å². The lowest BCUT2D eigenvalue weighted by molar-refractivity contribution is 0.252. The van der Waals surface area contributed by atoms with Crippen molar-refractivity contribution in [3.63, 3.8) is 0 Å². The molecular formula is C23H29N3O4. The van der Waals surface area contributed by atoms with Crippen molar-refractivity contribution in [3.05, 3.63) is 63.7 Å². The van der Waals surface area contributed by atoms with Crippen LogP contribution in [0, 0.1) is 6.92 Å². The molecule has 0 aliphatic heterocycles. The molecule has 0 N–H and O–H groups in total. The second kappa shape index (κ2) is 9.63. The maximum Gasteiger partial charge on any atom is 0.258 e. The number of aromatic nitrogens is 2. The molecule has 30 heavy (non-hydrogen) atoms. The van der Waals surface area contributed by atoms with Gasteiger partial charge >= 0.3 is 0 Å². The Bertz CT molecular complexity index is 1050. The lowest BCUT2D eigenvalue weighted by atomic mass is 10.1. The zero-order valence-corrected chi connectivity index (χ0v) is 18.3. The molecule has 0 fully saturated rings. The summed E-state index contributed by atoms with van der Waals surface area (Å²) in [6.07, 6.45) is 2.73. The number of nitrogens with zero attached hydrogens (tertiary/aromatic N) is 3. The van der Waals surface area contributed by atoms with Crippen molar-refractivity contribution in [1.82, 2.24) is 14.3 Å². The molecule has 3 rings (SSSR count). The van der Waals surface area contributed by atoms with Crippen molar-refractivity contribution in [2.75, 3.05) is 27.9 Å². The fraction of sp³-hybridized carbons (Fsp3) is 0.391. The van der Waals surface area contributed by atoms with Crippen molar-refractivity contribution in [2.24, 2.45) is 0 Å². The molecule has 0 saturated carbocycles. The SMILES string of the molecule is CCCN(Cc1cc(OC)c(OC)c(OC)c1)Cc1cc(=O)n2cccc(C)c2n1. The van der Waals surface area contributed by atoms with Crippen LogP contribution in [0.2, 0.25) is 0 Å². The molecule has 0 spiro atoms. The fourth-order valence-electron chi connectivity index (χ4n) is 3.63. The Hall–Kier alpha value is -3.06. The standard InChI is InChI=1S/C23H29N3O4/c1-6-9-25(14-17-11-19(28-3)22(30-5)20(12-17)29-4)15-18-13-21(27)26-10-7-8-16(2)23(26)24-18/h7-8,10-13H,6,9,14-15H2,1-5H3. The summed E-state index contributed by atoms with van der Waals surface area (Å²) in [4.78, 5) is 19.6. The van der Waals surface area contributed by atoms with Gasteiger partial charge in [-0.2, -0.15) is 0 Å². The van der Waals surface area contributed by atoms with Crippen molar-refractivity contribution in [1.29, 1.82) is 0 Å². The molecule has 0 radical (unpaired) electrons. The molecular weight excluding hydrogens is 382 g/mol. The van der Waals surface area contributed by atoms with Crippen molar-refractivity contribution < 1.29 is 14.2 Å². The summed E-state index contributed by atoms with van der Waals surface area (Å²) in [5.74, 6) is 1.83. The van der Waals surface area contributed by atoms with E-state index in [-0.39, 0.29) is 5.56 Å². The number of aryl methyl sites for hydroxylation is 1. The van der Waals surface area contributed by atoms with Crippen LogP contribution in [0.4, 0.5) is 0 Å². The van der Waals surface area contributed by atoms with E-state index in [1.807, 2.05) is 31.2 Å². The first kappa shape index (κ1) is 21.6. The van der Waals surface area contributed by atoms with Crippen LogP contribution in [-0.4, -0.2) is 42.2 Å². The number of rotatable bonds is 9. The zero-order chi connectivity index (χ0) is 21.7. The Balaban J connectivity index is 1.91. The Morgan fingerprint density at radius 3 is 2.33 bits per heavy atom. The van der Waals surface area contributed by atoms with E-state index in [0.29, 0.717) is 36.0 Å². The van der Waals surface area contributed by atoms with Gasteiger partial charge in [0.05, 0.1) is 27.0 Å². The van der Waals surface area contributed by atoms with Gasteiger partial charge in [-0.25, -0.2) is 4.98 Å². The summed E-state index contributed by atoms with van der Waals surface area (Å²) in [5, 5.41) is 0. The molecule has 2 heterocycles. The fourth-order valence-corrected chi connectivity index (χ4v) is 3.63. The summed E-state index contributed by atoms with van der Waals surface area (Å²) in [5.41, 5.74) is 3.40. The highest BCUT2D eigenvalue weighted by Gasteiger charge is 2.16. The molecule has 0 saturated heterocycles. The third kappa shape index (κ3) is 4.57. The van der Waals surface area contributed by atoms with E-state index in [9.17, 15) is 4.79 Å². The smallest absolute Gasteiger partial charge is 0.258 e. The zero-order valence-electron chi connectivity index (χ0n) is 18.3. The Kier molecular flexibility index (Phi) is 6.95. The Morgan fingerprint density at radius 1 is 1.03 bits per heavy atom. The number of methoxy groups -OCH3 is 3. The minimum absolute atomic E-state index is 0.0667. The highest BCUT2D eigenvalue weighted by molar-refractivity contribution is 5.53. The minimum atomic E-state index is -0.0667. The quantitative estimate of drug-likeness (QED) is 0.537. The molecule has 0 amide bonds. The predicted molar refractivity (Wildman–Crippen MR) is 117 cm³/mol. The van der Waals surface area contributed by atoms with Crippen LogP contribution in [0.5, 0.6) is 17.2 Å². The highest BCUT2D eigenvalue weighted by Crippen LogP contribution is 2.38. The average molecular weight is 412 g/mol. The van der Waals surface area contributed by atoms with Gasteiger partial charge in [-0.15, -0.1) is 0 Å². The summed E-state index contributed by atoms with van der Waals surface area (Å²) >= 11 is 0. The van der Waals surface area contributed by atoms with E-state index in [0.717, 1.165) is 29.8 Å². The predicted octanol–water partition coefficient (Wildman–Crippen LogP) is 3.44. The molecule has 0 atom stereocenters. The van der Waals surface area contributed by atoms with Crippen LogP contribution in [0.1, 0.15) is 30.2 Å². The molecule has 7 nitrogen and oxygen atoms in total. The molecule has 0 bridgehead atoms. The van der Waals surface area contributed by atoms with Crippen molar-refractivity contribution in [3.8, 4) is 17.2 Å². The summed E-state index contributed by atoms with van der Waals surface area (Å²) in [7, 11) is 4.81. The maximum atomic E-state index is 12.5.